The van der Waals surface area contributed by atoms with Crippen LogP contribution in [0.1, 0.15) is 46.5 Å². The van der Waals surface area contributed by atoms with E-state index in [1.807, 2.05) is 20.8 Å². The largest absolute Gasteiger partial charge is 0.444 e. The lowest BCUT2D eigenvalue weighted by atomic mass is 10.0. The molecule has 1 rings (SSSR count). The van der Waals surface area contributed by atoms with Crippen molar-refractivity contribution in [3.05, 3.63) is 0 Å². The highest BCUT2D eigenvalue weighted by Crippen LogP contribution is 2.24. The summed E-state index contributed by atoms with van der Waals surface area (Å²) in [6, 6.07) is 0. The number of hydrogen-bond donors (Lipinski definition) is 1. The fourth-order valence-corrected chi connectivity index (χ4v) is 1.83. The summed E-state index contributed by atoms with van der Waals surface area (Å²) in [5.41, 5.74) is -0.451. The van der Waals surface area contributed by atoms with Crippen LogP contribution in [0.5, 0.6) is 0 Å². The van der Waals surface area contributed by atoms with E-state index in [0.29, 0.717) is 31.1 Å². The second-order valence-electron chi connectivity index (χ2n) is 5.36. The molecule has 92 valence electrons. The number of ether oxygens (including phenoxy) is 1. The van der Waals surface area contributed by atoms with Crippen LogP contribution < -0.4 is 5.32 Å². The Morgan fingerprint density at radius 3 is 2.69 bits per heavy atom. The molecule has 0 saturated heterocycles. The van der Waals surface area contributed by atoms with Gasteiger partial charge in [-0.15, -0.1) is 0 Å². The molecule has 0 aromatic heterocycles. The van der Waals surface area contributed by atoms with Crippen molar-refractivity contribution in [2.45, 2.75) is 52.1 Å². The third-order valence-electron chi connectivity index (χ3n) is 2.57. The number of carbonyl (C=O) groups is 2. The first-order chi connectivity index (χ1) is 7.37. The number of carbonyl (C=O) groups excluding carboxylic acids is 2. The minimum absolute atomic E-state index is 0.349. The van der Waals surface area contributed by atoms with Gasteiger partial charge in [0.05, 0.1) is 0 Å². The number of ketones is 1. The van der Waals surface area contributed by atoms with Gasteiger partial charge in [-0.1, -0.05) is 0 Å². The molecule has 4 heteroatoms. The fourth-order valence-electron chi connectivity index (χ4n) is 1.83. The quantitative estimate of drug-likeness (QED) is 0.804. The van der Waals surface area contributed by atoms with Crippen LogP contribution in [0.3, 0.4) is 0 Å². The Hall–Kier alpha value is -1.06. The molecule has 4 nitrogen and oxygen atoms in total. The minimum Gasteiger partial charge on any atom is -0.444 e. The van der Waals surface area contributed by atoms with Crippen molar-refractivity contribution in [2.24, 2.45) is 5.92 Å². The van der Waals surface area contributed by atoms with Crippen LogP contribution in [0.4, 0.5) is 4.79 Å². The normalized spacial score (nSPS) is 20.9. The van der Waals surface area contributed by atoms with E-state index in [1.54, 1.807) is 0 Å². The van der Waals surface area contributed by atoms with Crippen LogP contribution >= 0.6 is 0 Å². The first-order valence-corrected chi connectivity index (χ1v) is 5.85. The van der Waals surface area contributed by atoms with Crippen LogP contribution in [-0.4, -0.2) is 24.0 Å². The van der Waals surface area contributed by atoms with E-state index in [2.05, 4.69) is 5.32 Å². The third kappa shape index (κ3) is 5.14. The molecule has 1 N–H and O–H groups in total. The molecule has 0 bridgehead atoms. The van der Waals surface area contributed by atoms with E-state index < -0.39 is 5.60 Å². The molecule has 16 heavy (non-hydrogen) atoms. The molecule has 0 radical (unpaired) electrons. The maximum absolute atomic E-state index is 11.3. The standard InChI is InChI=1S/C12H21NO3/c1-12(2,3)16-11(15)13-7-6-9-4-5-10(14)8-9/h9H,4-8H2,1-3H3,(H,13,15). The Bertz CT molecular complexity index is 268. The first kappa shape index (κ1) is 13.0. The minimum atomic E-state index is -0.451. The predicted octanol–water partition coefficient (Wildman–Crippen LogP) is 2.27. The number of hydrogen-bond acceptors (Lipinski definition) is 3. The number of Topliss-reactive ketones (excluding diaryl/α,β-unsaturated/α-hetero) is 1. The Morgan fingerprint density at radius 1 is 1.50 bits per heavy atom. The molecule has 1 aliphatic carbocycles. The average Bonchev–Trinajstić information content (AvgIpc) is 2.48. The number of alkyl carbamates (subject to hydrolysis) is 1. The summed E-state index contributed by atoms with van der Waals surface area (Å²) < 4.78 is 5.11. The van der Waals surface area contributed by atoms with Gasteiger partial charge in [-0.25, -0.2) is 4.79 Å². The van der Waals surface area contributed by atoms with E-state index in [1.165, 1.54) is 0 Å². The molecule has 1 saturated carbocycles. The fraction of sp³-hybridized carbons (Fsp3) is 0.833. The Labute approximate surface area is 96.7 Å². The zero-order valence-corrected chi connectivity index (χ0v) is 10.3. The van der Waals surface area contributed by atoms with Crippen LogP contribution in [0.15, 0.2) is 0 Å². The van der Waals surface area contributed by atoms with Gasteiger partial charge in [-0.05, 0) is 39.5 Å². The molecular weight excluding hydrogens is 206 g/mol. The second-order valence-corrected chi connectivity index (χ2v) is 5.36. The van der Waals surface area contributed by atoms with Crippen LogP contribution in [0, 0.1) is 5.92 Å². The molecule has 0 aromatic carbocycles. The van der Waals surface area contributed by atoms with Gasteiger partial charge in [0.2, 0.25) is 0 Å². The van der Waals surface area contributed by atoms with Gasteiger partial charge < -0.3 is 10.1 Å². The van der Waals surface area contributed by atoms with Crippen molar-refractivity contribution in [3.63, 3.8) is 0 Å². The summed E-state index contributed by atoms with van der Waals surface area (Å²) in [6.07, 6.45) is 2.84. The van der Waals surface area contributed by atoms with Crippen LogP contribution in [0.2, 0.25) is 0 Å². The lowest BCUT2D eigenvalue weighted by Gasteiger charge is -2.20. The zero-order chi connectivity index (χ0) is 12.2. The van der Waals surface area contributed by atoms with Crippen LogP contribution in [-0.2, 0) is 9.53 Å². The average molecular weight is 227 g/mol. The molecule has 1 unspecified atom stereocenters. The summed E-state index contributed by atoms with van der Waals surface area (Å²) in [5.74, 6) is 0.796. The smallest absolute Gasteiger partial charge is 0.407 e. The number of nitrogens with one attached hydrogen (secondary N) is 1. The van der Waals surface area contributed by atoms with E-state index in [-0.39, 0.29) is 6.09 Å². The molecule has 1 aliphatic rings. The van der Waals surface area contributed by atoms with Crippen molar-refractivity contribution >= 4 is 11.9 Å². The first-order valence-electron chi connectivity index (χ1n) is 5.85. The molecule has 1 atom stereocenters. The summed E-state index contributed by atoms with van der Waals surface area (Å²) in [7, 11) is 0. The SMILES string of the molecule is CC(C)(C)OC(=O)NCCC1CCC(=O)C1. The highest BCUT2D eigenvalue weighted by atomic mass is 16.6. The number of rotatable bonds is 3. The molecule has 1 fully saturated rings. The number of amides is 1. The van der Waals surface area contributed by atoms with E-state index >= 15 is 0 Å². The molecule has 0 aromatic rings. The highest BCUT2D eigenvalue weighted by Gasteiger charge is 2.22. The summed E-state index contributed by atoms with van der Waals surface area (Å²) in [5, 5.41) is 2.71. The van der Waals surface area contributed by atoms with Crippen molar-refractivity contribution < 1.29 is 14.3 Å². The Kier molecular flexibility index (Phi) is 4.33. The van der Waals surface area contributed by atoms with Crippen molar-refractivity contribution in [1.29, 1.82) is 0 Å². The van der Waals surface area contributed by atoms with E-state index in [9.17, 15) is 9.59 Å². The summed E-state index contributed by atoms with van der Waals surface area (Å²) in [4.78, 5) is 22.3. The van der Waals surface area contributed by atoms with Gasteiger partial charge in [-0.3, -0.25) is 4.79 Å². The summed E-state index contributed by atoms with van der Waals surface area (Å²) in [6.45, 7) is 6.10. The van der Waals surface area contributed by atoms with Gasteiger partial charge in [0.15, 0.2) is 0 Å². The molecule has 0 heterocycles. The third-order valence-corrected chi connectivity index (χ3v) is 2.57. The second kappa shape index (κ2) is 5.32. The summed E-state index contributed by atoms with van der Waals surface area (Å²) >= 11 is 0. The topological polar surface area (TPSA) is 55.4 Å². The van der Waals surface area contributed by atoms with Crippen molar-refractivity contribution in [3.8, 4) is 0 Å². The zero-order valence-electron chi connectivity index (χ0n) is 10.3. The van der Waals surface area contributed by atoms with Gasteiger partial charge in [-0.2, -0.15) is 0 Å². The van der Waals surface area contributed by atoms with Gasteiger partial charge >= 0.3 is 6.09 Å². The predicted molar refractivity (Wildman–Crippen MR) is 61.2 cm³/mol. The van der Waals surface area contributed by atoms with Gasteiger partial charge in [0.1, 0.15) is 11.4 Å². The maximum atomic E-state index is 11.3. The van der Waals surface area contributed by atoms with Gasteiger partial charge in [0.25, 0.3) is 0 Å². The lowest BCUT2D eigenvalue weighted by molar-refractivity contribution is -0.117. The monoisotopic (exact) mass is 227 g/mol. The van der Waals surface area contributed by atoms with Crippen molar-refractivity contribution in [1.82, 2.24) is 5.32 Å². The molecule has 0 spiro atoms. The lowest BCUT2D eigenvalue weighted by Crippen LogP contribution is -2.33. The molecule has 1 amide bonds. The molecular formula is C12H21NO3. The highest BCUT2D eigenvalue weighted by molar-refractivity contribution is 5.80. The van der Waals surface area contributed by atoms with Gasteiger partial charge in [0, 0.05) is 19.4 Å². The maximum Gasteiger partial charge on any atom is 0.407 e. The van der Waals surface area contributed by atoms with E-state index in [0.717, 1.165) is 12.8 Å². The Balaban J connectivity index is 2.11. The van der Waals surface area contributed by atoms with E-state index in [4.69, 9.17) is 4.74 Å². The Morgan fingerprint density at radius 2 is 2.19 bits per heavy atom. The molecule has 0 aliphatic heterocycles. The van der Waals surface area contributed by atoms with Crippen LogP contribution in [0.25, 0.3) is 0 Å². The van der Waals surface area contributed by atoms with Crippen molar-refractivity contribution in [2.75, 3.05) is 6.54 Å².